The van der Waals surface area contributed by atoms with Crippen LogP contribution in [0.3, 0.4) is 0 Å². The molecule has 3 rings (SSSR count). The second kappa shape index (κ2) is 6.28. The van der Waals surface area contributed by atoms with E-state index in [0.29, 0.717) is 11.7 Å². The summed E-state index contributed by atoms with van der Waals surface area (Å²) in [6.45, 7) is 0.903. The lowest BCUT2D eigenvalue weighted by molar-refractivity contribution is 0.432. The molecule has 3 aromatic rings. The SMILES string of the molecule is CNCCc1ccccc1-c1nc(-c2cccnc2)no1. The average molecular weight is 280 g/mol. The summed E-state index contributed by atoms with van der Waals surface area (Å²) in [5.41, 5.74) is 3.02. The van der Waals surface area contributed by atoms with Crippen molar-refractivity contribution in [3.05, 3.63) is 54.4 Å². The zero-order chi connectivity index (χ0) is 14.5. The van der Waals surface area contributed by atoms with Crippen molar-refractivity contribution in [1.29, 1.82) is 0 Å². The molecule has 0 fully saturated rings. The van der Waals surface area contributed by atoms with Crippen molar-refractivity contribution in [1.82, 2.24) is 20.4 Å². The number of nitrogens with one attached hydrogen (secondary N) is 1. The van der Waals surface area contributed by atoms with Crippen LogP contribution < -0.4 is 5.32 Å². The standard InChI is InChI=1S/C16H16N4O/c1-17-10-8-12-5-2-3-7-14(12)16-19-15(20-21-16)13-6-4-9-18-11-13/h2-7,9,11,17H,8,10H2,1H3. The van der Waals surface area contributed by atoms with Gasteiger partial charge in [0.1, 0.15) is 0 Å². The van der Waals surface area contributed by atoms with Gasteiger partial charge in [0.05, 0.1) is 0 Å². The van der Waals surface area contributed by atoms with Gasteiger partial charge in [-0.25, -0.2) is 0 Å². The molecule has 0 radical (unpaired) electrons. The maximum atomic E-state index is 5.42. The molecule has 1 N–H and O–H groups in total. The van der Waals surface area contributed by atoms with Gasteiger partial charge in [-0.1, -0.05) is 23.4 Å². The van der Waals surface area contributed by atoms with E-state index in [1.54, 1.807) is 12.4 Å². The summed E-state index contributed by atoms with van der Waals surface area (Å²) in [5, 5.41) is 7.19. The van der Waals surface area contributed by atoms with Crippen LogP contribution in [-0.4, -0.2) is 28.7 Å². The molecule has 5 heteroatoms. The van der Waals surface area contributed by atoms with E-state index in [9.17, 15) is 0 Å². The number of nitrogens with zero attached hydrogens (tertiary/aromatic N) is 3. The van der Waals surface area contributed by atoms with Gasteiger partial charge in [0.25, 0.3) is 5.89 Å². The quantitative estimate of drug-likeness (QED) is 0.778. The second-order valence-corrected chi connectivity index (χ2v) is 4.68. The maximum absolute atomic E-state index is 5.42. The van der Waals surface area contributed by atoms with Gasteiger partial charge in [-0.05, 0) is 43.8 Å². The molecule has 106 valence electrons. The van der Waals surface area contributed by atoms with Crippen molar-refractivity contribution in [3.63, 3.8) is 0 Å². The first kappa shape index (κ1) is 13.5. The highest BCUT2D eigenvalue weighted by molar-refractivity contribution is 5.62. The number of aromatic nitrogens is 3. The first-order valence-corrected chi connectivity index (χ1v) is 6.85. The third kappa shape index (κ3) is 2.98. The molecule has 0 amide bonds. The normalized spacial score (nSPS) is 10.7. The molecule has 21 heavy (non-hydrogen) atoms. The lowest BCUT2D eigenvalue weighted by Crippen LogP contribution is -2.10. The lowest BCUT2D eigenvalue weighted by atomic mass is 10.0. The fraction of sp³-hybridized carbons (Fsp3) is 0.188. The van der Waals surface area contributed by atoms with Crippen LogP contribution in [0.25, 0.3) is 22.8 Å². The van der Waals surface area contributed by atoms with E-state index in [0.717, 1.165) is 24.1 Å². The predicted molar refractivity (Wildman–Crippen MR) is 80.6 cm³/mol. The summed E-state index contributed by atoms with van der Waals surface area (Å²) < 4.78 is 5.42. The van der Waals surface area contributed by atoms with E-state index in [2.05, 4.69) is 26.5 Å². The molecular weight excluding hydrogens is 264 g/mol. The van der Waals surface area contributed by atoms with Crippen molar-refractivity contribution >= 4 is 0 Å². The summed E-state index contributed by atoms with van der Waals surface area (Å²) >= 11 is 0. The number of benzene rings is 1. The van der Waals surface area contributed by atoms with Gasteiger partial charge in [-0.2, -0.15) is 4.98 Å². The van der Waals surface area contributed by atoms with Crippen molar-refractivity contribution in [3.8, 4) is 22.8 Å². The Morgan fingerprint density at radius 3 is 2.86 bits per heavy atom. The van der Waals surface area contributed by atoms with Crippen LogP contribution in [0.15, 0.2) is 53.3 Å². The van der Waals surface area contributed by atoms with E-state index >= 15 is 0 Å². The van der Waals surface area contributed by atoms with E-state index < -0.39 is 0 Å². The third-order valence-corrected chi connectivity index (χ3v) is 3.24. The fourth-order valence-electron chi connectivity index (χ4n) is 2.15. The Bertz CT molecular complexity index is 709. The highest BCUT2D eigenvalue weighted by Gasteiger charge is 2.13. The average Bonchev–Trinajstić information content (AvgIpc) is 3.04. The second-order valence-electron chi connectivity index (χ2n) is 4.68. The van der Waals surface area contributed by atoms with E-state index in [1.807, 2.05) is 37.4 Å². The molecule has 0 unspecified atom stereocenters. The largest absolute Gasteiger partial charge is 0.334 e. The molecule has 0 bridgehead atoms. The Balaban J connectivity index is 1.93. The summed E-state index contributed by atoms with van der Waals surface area (Å²) in [4.78, 5) is 8.55. The van der Waals surface area contributed by atoms with Crippen molar-refractivity contribution in [2.75, 3.05) is 13.6 Å². The van der Waals surface area contributed by atoms with Gasteiger partial charge in [0, 0.05) is 23.5 Å². The monoisotopic (exact) mass is 280 g/mol. The van der Waals surface area contributed by atoms with E-state index in [4.69, 9.17) is 4.52 Å². The topological polar surface area (TPSA) is 63.8 Å². The van der Waals surface area contributed by atoms with Crippen LogP contribution in [0, 0.1) is 0 Å². The van der Waals surface area contributed by atoms with Gasteiger partial charge < -0.3 is 9.84 Å². The molecule has 2 heterocycles. The number of pyridine rings is 1. The van der Waals surface area contributed by atoms with Gasteiger partial charge >= 0.3 is 0 Å². The molecule has 0 aliphatic heterocycles. The zero-order valence-corrected chi connectivity index (χ0v) is 11.8. The molecular formula is C16H16N4O. The summed E-state index contributed by atoms with van der Waals surface area (Å²) in [5.74, 6) is 1.10. The Hall–Kier alpha value is -2.53. The van der Waals surface area contributed by atoms with Gasteiger partial charge in [0.2, 0.25) is 5.82 Å². The molecule has 0 saturated carbocycles. The molecule has 0 aliphatic rings. The smallest absolute Gasteiger partial charge is 0.258 e. The minimum atomic E-state index is 0.542. The Morgan fingerprint density at radius 1 is 1.14 bits per heavy atom. The summed E-state index contributed by atoms with van der Waals surface area (Å²) in [7, 11) is 1.94. The van der Waals surface area contributed by atoms with Gasteiger partial charge in [-0.15, -0.1) is 0 Å². The van der Waals surface area contributed by atoms with Crippen LogP contribution in [0.4, 0.5) is 0 Å². The van der Waals surface area contributed by atoms with Crippen LogP contribution in [0.1, 0.15) is 5.56 Å². The fourth-order valence-corrected chi connectivity index (χ4v) is 2.15. The van der Waals surface area contributed by atoms with Gasteiger partial charge in [0.15, 0.2) is 0 Å². The first-order chi connectivity index (χ1) is 10.4. The van der Waals surface area contributed by atoms with Crippen LogP contribution >= 0.6 is 0 Å². The lowest BCUT2D eigenvalue weighted by Gasteiger charge is -2.05. The molecule has 1 aromatic carbocycles. The molecule has 0 aliphatic carbocycles. The zero-order valence-electron chi connectivity index (χ0n) is 11.8. The number of hydrogen-bond donors (Lipinski definition) is 1. The van der Waals surface area contributed by atoms with Crippen LogP contribution in [0.5, 0.6) is 0 Å². The van der Waals surface area contributed by atoms with Crippen molar-refractivity contribution < 1.29 is 4.52 Å². The minimum Gasteiger partial charge on any atom is -0.334 e. The van der Waals surface area contributed by atoms with Crippen molar-refractivity contribution in [2.45, 2.75) is 6.42 Å². The maximum Gasteiger partial charge on any atom is 0.258 e. The van der Waals surface area contributed by atoms with E-state index in [1.165, 1.54) is 5.56 Å². The Kier molecular flexibility index (Phi) is 4.02. The third-order valence-electron chi connectivity index (χ3n) is 3.24. The Labute approximate surface area is 123 Å². The molecule has 5 nitrogen and oxygen atoms in total. The van der Waals surface area contributed by atoms with Crippen LogP contribution in [0.2, 0.25) is 0 Å². The molecule has 0 saturated heterocycles. The molecule has 2 aromatic heterocycles. The Morgan fingerprint density at radius 2 is 2.05 bits per heavy atom. The predicted octanol–water partition coefficient (Wildman–Crippen LogP) is 2.56. The highest BCUT2D eigenvalue weighted by Crippen LogP contribution is 2.24. The minimum absolute atomic E-state index is 0.542. The van der Waals surface area contributed by atoms with Crippen LogP contribution in [-0.2, 0) is 6.42 Å². The highest BCUT2D eigenvalue weighted by atomic mass is 16.5. The number of rotatable bonds is 5. The summed E-state index contributed by atoms with van der Waals surface area (Å²) in [6.07, 6.45) is 4.36. The van der Waals surface area contributed by atoms with Crippen molar-refractivity contribution in [2.24, 2.45) is 0 Å². The summed E-state index contributed by atoms with van der Waals surface area (Å²) in [6, 6.07) is 11.9. The number of hydrogen-bond acceptors (Lipinski definition) is 5. The first-order valence-electron chi connectivity index (χ1n) is 6.85. The van der Waals surface area contributed by atoms with Gasteiger partial charge in [-0.3, -0.25) is 4.98 Å². The van der Waals surface area contributed by atoms with E-state index in [-0.39, 0.29) is 0 Å². The number of likely N-dealkylation sites (N-methyl/N-ethyl adjacent to an activating group) is 1. The molecule has 0 spiro atoms. The molecule has 0 atom stereocenters.